The third-order valence-corrected chi connectivity index (χ3v) is 3.94. The van der Waals surface area contributed by atoms with Crippen LogP contribution in [0.25, 0.3) is 0 Å². The van der Waals surface area contributed by atoms with Gasteiger partial charge in [-0.05, 0) is 37.6 Å². The molecule has 1 aromatic carbocycles. The van der Waals surface area contributed by atoms with Gasteiger partial charge >= 0.3 is 0 Å². The van der Waals surface area contributed by atoms with Crippen LogP contribution >= 0.6 is 23.2 Å². The number of rotatable bonds is 5. The molecule has 108 valence electrons. The van der Waals surface area contributed by atoms with E-state index < -0.39 is 6.10 Å². The molecule has 1 atom stereocenters. The molecule has 1 unspecified atom stereocenters. The van der Waals surface area contributed by atoms with Crippen molar-refractivity contribution in [2.24, 2.45) is 0 Å². The summed E-state index contributed by atoms with van der Waals surface area (Å²) in [4.78, 5) is 0. The number of hydrogen-bond donors (Lipinski definition) is 1. The zero-order valence-electron chi connectivity index (χ0n) is 11.6. The maximum atomic E-state index is 10.3. The fraction of sp³-hybridized carbons (Fsp3) is 0.400. The number of aryl methyl sites for hydroxylation is 2. The molecule has 0 bridgehead atoms. The van der Waals surface area contributed by atoms with Gasteiger partial charge in [0.05, 0.1) is 11.8 Å². The molecule has 0 saturated carbocycles. The van der Waals surface area contributed by atoms with Crippen LogP contribution in [0, 0.1) is 6.92 Å². The quantitative estimate of drug-likeness (QED) is 0.915. The number of nitrogens with zero attached hydrogens (tertiary/aromatic N) is 2. The fourth-order valence-electron chi connectivity index (χ4n) is 2.31. The average molecular weight is 313 g/mol. The van der Waals surface area contributed by atoms with Crippen molar-refractivity contribution < 1.29 is 5.11 Å². The number of hydrogen-bond acceptors (Lipinski definition) is 2. The van der Waals surface area contributed by atoms with Crippen LogP contribution in [-0.4, -0.2) is 21.0 Å². The van der Waals surface area contributed by atoms with E-state index in [-0.39, 0.29) is 0 Å². The highest BCUT2D eigenvalue weighted by Gasteiger charge is 2.15. The van der Waals surface area contributed by atoms with Gasteiger partial charge < -0.3 is 5.11 Å². The lowest BCUT2D eigenvalue weighted by Gasteiger charge is -2.13. The van der Waals surface area contributed by atoms with Crippen molar-refractivity contribution in [3.05, 3.63) is 51.3 Å². The van der Waals surface area contributed by atoms with Gasteiger partial charge in [0.1, 0.15) is 0 Å². The predicted molar refractivity (Wildman–Crippen MR) is 82.5 cm³/mol. The minimum absolute atomic E-state index is 0.437. The summed E-state index contributed by atoms with van der Waals surface area (Å²) in [7, 11) is 0. The van der Waals surface area contributed by atoms with E-state index in [2.05, 4.69) is 5.10 Å². The molecule has 0 spiro atoms. The van der Waals surface area contributed by atoms with Crippen molar-refractivity contribution in [2.75, 3.05) is 0 Å². The molecule has 3 nitrogen and oxygen atoms in total. The SMILES string of the molecule is CCn1nc(C)cc1CC(O)Cc1c(Cl)cccc1Cl. The van der Waals surface area contributed by atoms with Crippen LogP contribution in [0.15, 0.2) is 24.3 Å². The Morgan fingerprint density at radius 1 is 1.25 bits per heavy atom. The van der Waals surface area contributed by atoms with Crippen molar-refractivity contribution in [3.8, 4) is 0 Å². The Kier molecular flexibility index (Phi) is 5.08. The molecule has 0 saturated heterocycles. The first-order chi connectivity index (χ1) is 9.51. The van der Waals surface area contributed by atoms with Crippen molar-refractivity contribution in [3.63, 3.8) is 0 Å². The summed E-state index contributed by atoms with van der Waals surface area (Å²) < 4.78 is 1.91. The lowest BCUT2D eigenvalue weighted by Crippen LogP contribution is -2.17. The molecule has 0 amide bonds. The Labute approximate surface area is 129 Å². The Hall–Kier alpha value is -1.03. The third-order valence-electron chi connectivity index (χ3n) is 3.23. The molecule has 1 N–H and O–H groups in total. The predicted octanol–water partition coefficient (Wildman–Crippen LogP) is 3.66. The van der Waals surface area contributed by atoms with Gasteiger partial charge in [0.15, 0.2) is 0 Å². The van der Waals surface area contributed by atoms with E-state index in [1.807, 2.05) is 24.6 Å². The Morgan fingerprint density at radius 3 is 2.50 bits per heavy atom. The number of benzene rings is 1. The van der Waals surface area contributed by atoms with Gasteiger partial charge in [-0.1, -0.05) is 29.3 Å². The van der Waals surface area contributed by atoms with Crippen LogP contribution in [-0.2, 0) is 19.4 Å². The van der Waals surface area contributed by atoms with Crippen LogP contribution in [0.4, 0.5) is 0 Å². The minimum atomic E-state index is -0.534. The second-order valence-corrected chi connectivity index (χ2v) is 5.67. The second-order valence-electron chi connectivity index (χ2n) is 4.86. The molecule has 0 aliphatic heterocycles. The number of aromatic nitrogens is 2. The molecule has 20 heavy (non-hydrogen) atoms. The molecule has 0 fully saturated rings. The van der Waals surface area contributed by atoms with E-state index in [1.54, 1.807) is 18.2 Å². The van der Waals surface area contributed by atoms with Gasteiger partial charge in [0.2, 0.25) is 0 Å². The van der Waals surface area contributed by atoms with Gasteiger partial charge in [0, 0.05) is 35.1 Å². The van der Waals surface area contributed by atoms with Crippen LogP contribution in [0.2, 0.25) is 10.0 Å². The molecule has 0 aliphatic carbocycles. The molecule has 2 aromatic rings. The van der Waals surface area contributed by atoms with Crippen LogP contribution < -0.4 is 0 Å². The number of aliphatic hydroxyl groups is 1. The minimum Gasteiger partial charge on any atom is -0.392 e. The van der Waals surface area contributed by atoms with E-state index in [4.69, 9.17) is 23.2 Å². The lowest BCUT2D eigenvalue weighted by molar-refractivity contribution is 0.172. The Bertz CT molecular complexity index is 575. The smallest absolute Gasteiger partial charge is 0.0636 e. The summed E-state index contributed by atoms with van der Waals surface area (Å²) in [6.07, 6.45) is 0.441. The van der Waals surface area contributed by atoms with Crippen molar-refractivity contribution in [1.82, 2.24) is 9.78 Å². The lowest BCUT2D eigenvalue weighted by atomic mass is 10.0. The van der Waals surface area contributed by atoms with E-state index in [9.17, 15) is 5.11 Å². The largest absolute Gasteiger partial charge is 0.392 e. The highest BCUT2D eigenvalue weighted by atomic mass is 35.5. The summed E-state index contributed by atoms with van der Waals surface area (Å²) >= 11 is 12.3. The van der Waals surface area contributed by atoms with Gasteiger partial charge in [0.25, 0.3) is 0 Å². The van der Waals surface area contributed by atoms with Crippen LogP contribution in [0.5, 0.6) is 0 Å². The zero-order valence-corrected chi connectivity index (χ0v) is 13.1. The van der Waals surface area contributed by atoms with Gasteiger partial charge in [-0.2, -0.15) is 5.10 Å². The summed E-state index contributed by atoms with van der Waals surface area (Å²) in [6.45, 7) is 4.78. The fourth-order valence-corrected chi connectivity index (χ4v) is 2.87. The monoisotopic (exact) mass is 312 g/mol. The molecule has 5 heteroatoms. The van der Waals surface area contributed by atoms with E-state index >= 15 is 0 Å². The zero-order chi connectivity index (χ0) is 14.7. The van der Waals surface area contributed by atoms with Crippen molar-refractivity contribution >= 4 is 23.2 Å². The third kappa shape index (κ3) is 3.54. The molecule has 1 heterocycles. The summed E-state index contributed by atoms with van der Waals surface area (Å²) in [5.74, 6) is 0. The highest BCUT2D eigenvalue weighted by molar-refractivity contribution is 6.35. The standard InChI is InChI=1S/C15H18Cl2N2O/c1-3-19-11(7-10(2)18-19)8-12(20)9-13-14(16)5-4-6-15(13)17/h4-7,12,20H,3,8-9H2,1-2H3. The Balaban J connectivity index is 2.11. The molecular formula is C15H18Cl2N2O. The highest BCUT2D eigenvalue weighted by Crippen LogP contribution is 2.26. The maximum Gasteiger partial charge on any atom is 0.0636 e. The topological polar surface area (TPSA) is 38.0 Å². The second kappa shape index (κ2) is 6.61. The number of aliphatic hydroxyl groups excluding tert-OH is 1. The van der Waals surface area contributed by atoms with Gasteiger partial charge in [-0.25, -0.2) is 0 Å². The molecular weight excluding hydrogens is 295 g/mol. The summed E-state index contributed by atoms with van der Waals surface area (Å²) in [5, 5.41) is 15.8. The first-order valence-electron chi connectivity index (χ1n) is 6.65. The summed E-state index contributed by atoms with van der Waals surface area (Å²) in [5.41, 5.74) is 2.79. The molecule has 0 aliphatic rings. The average Bonchev–Trinajstić information content (AvgIpc) is 2.74. The van der Waals surface area contributed by atoms with Crippen LogP contribution in [0.1, 0.15) is 23.9 Å². The van der Waals surface area contributed by atoms with E-state index in [0.717, 1.165) is 23.5 Å². The van der Waals surface area contributed by atoms with Crippen molar-refractivity contribution in [2.45, 2.75) is 39.3 Å². The number of halogens is 2. The van der Waals surface area contributed by atoms with E-state index in [0.29, 0.717) is 22.9 Å². The van der Waals surface area contributed by atoms with Crippen LogP contribution in [0.3, 0.4) is 0 Å². The van der Waals surface area contributed by atoms with Crippen molar-refractivity contribution in [1.29, 1.82) is 0 Å². The first-order valence-corrected chi connectivity index (χ1v) is 7.41. The van der Waals surface area contributed by atoms with Gasteiger partial charge in [-0.3, -0.25) is 4.68 Å². The molecule has 1 aromatic heterocycles. The van der Waals surface area contributed by atoms with Gasteiger partial charge in [-0.15, -0.1) is 0 Å². The van der Waals surface area contributed by atoms with E-state index in [1.165, 1.54) is 0 Å². The summed E-state index contributed by atoms with van der Waals surface area (Å²) in [6, 6.07) is 7.38. The first kappa shape index (κ1) is 15.4. The molecule has 2 rings (SSSR count). The maximum absolute atomic E-state index is 10.3. The normalized spacial score (nSPS) is 12.7. The Morgan fingerprint density at radius 2 is 1.90 bits per heavy atom. The molecule has 0 radical (unpaired) electrons.